The number of carbonyl (C=O) groups excluding carboxylic acids is 1. The molecular weight excluding hydrogens is 360 g/mol. The lowest BCUT2D eigenvalue weighted by molar-refractivity contribution is -0.130. The van der Waals surface area contributed by atoms with E-state index < -0.39 is 0 Å². The minimum atomic E-state index is -0.00356. The number of nitrogens with zero attached hydrogens (tertiary/aromatic N) is 3. The fourth-order valence-corrected chi connectivity index (χ4v) is 3.75. The van der Waals surface area contributed by atoms with Gasteiger partial charge >= 0.3 is 0 Å². The van der Waals surface area contributed by atoms with Gasteiger partial charge in [-0.25, -0.2) is 4.98 Å². The molecule has 1 amide bonds. The summed E-state index contributed by atoms with van der Waals surface area (Å²) in [5.41, 5.74) is 2.32. The molecule has 1 saturated heterocycles. The Morgan fingerprint density at radius 3 is 1.97 bits per heavy atom. The highest BCUT2D eigenvalue weighted by Crippen LogP contribution is 2.21. The summed E-state index contributed by atoms with van der Waals surface area (Å²) in [5.74, 6) is 1.12. The van der Waals surface area contributed by atoms with Crippen molar-refractivity contribution < 1.29 is 4.79 Å². The zero-order chi connectivity index (χ0) is 19.9. The second kappa shape index (κ2) is 9.34. The normalized spacial score (nSPS) is 14.2. The fourth-order valence-electron chi connectivity index (χ4n) is 3.75. The summed E-state index contributed by atoms with van der Waals surface area (Å²) >= 11 is 0. The number of amides is 1. The lowest BCUT2D eigenvalue weighted by Gasteiger charge is -2.35. The van der Waals surface area contributed by atoms with Crippen molar-refractivity contribution in [2.75, 3.05) is 37.6 Å². The first kappa shape index (κ1) is 19.2. The van der Waals surface area contributed by atoms with Crippen LogP contribution in [0.25, 0.3) is 0 Å². The van der Waals surface area contributed by atoms with Crippen LogP contribution in [0.3, 0.4) is 0 Å². The third-order valence-corrected chi connectivity index (χ3v) is 5.33. The molecule has 0 unspecified atom stereocenters. The monoisotopic (exact) mass is 386 g/mol. The van der Waals surface area contributed by atoms with E-state index in [9.17, 15) is 4.79 Å². The van der Waals surface area contributed by atoms with Gasteiger partial charge in [-0.05, 0) is 23.3 Å². The molecule has 1 fully saturated rings. The Hall–Kier alpha value is -3.18. The van der Waals surface area contributed by atoms with E-state index in [4.69, 9.17) is 0 Å². The molecule has 1 aliphatic rings. The fraction of sp³-hybridized carbons (Fsp3) is 0.250. The predicted octanol–water partition coefficient (Wildman–Crippen LogP) is 3.11. The van der Waals surface area contributed by atoms with Gasteiger partial charge in [-0.2, -0.15) is 0 Å². The first-order valence-electron chi connectivity index (χ1n) is 10.1. The molecule has 5 heteroatoms. The van der Waals surface area contributed by atoms with E-state index in [1.54, 1.807) is 0 Å². The maximum absolute atomic E-state index is 12.8. The van der Waals surface area contributed by atoms with Gasteiger partial charge in [-0.15, -0.1) is 0 Å². The van der Waals surface area contributed by atoms with E-state index in [-0.39, 0.29) is 11.9 Å². The number of nitrogens with one attached hydrogen (secondary N) is 1. The van der Waals surface area contributed by atoms with Crippen molar-refractivity contribution in [2.24, 2.45) is 0 Å². The van der Waals surface area contributed by atoms with Crippen LogP contribution in [0.15, 0.2) is 85.1 Å². The highest BCUT2D eigenvalue weighted by atomic mass is 16.2. The summed E-state index contributed by atoms with van der Waals surface area (Å²) in [5, 5.41) is 3.48. The molecule has 1 aliphatic heterocycles. The minimum absolute atomic E-state index is 0.00356. The standard InChI is InChI=1S/C24H26N4O/c29-23(28-17-15-27(16-18-28)22-13-7-8-14-25-22)19-26-24(20-9-3-1-4-10-20)21-11-5-2-6-12-21/h1-14,24,26H,15-19H2. The Labute approximate surface area is 172 Å². The van der Waals surface area contributed by atoms with Crippen LogP contribution in [0, 0.1) is 0 Å². The van der Waals surface area contributed by atoms with Crippen molar-refractivity contribution in [3.05, 3.63) is 96.2 Å². The molecule has 148 valence electrons. The van der Waals surface area contributed by atoms with Crippen LogP contribution in [0.2, 0.25) is 0 Å². The van der Waals surface area contributed by atoms with E-state index in [2.05, 4.69) is 39.5 Å². The molecule has 3 aromatic rings. The van der Waals surface area contributed by atoms with Crippen LogP contribution in [0.4, 0.5) is 5.82 Å². The first-order chi connectivity index (χ1) is 14.3. The van der Waals surface area contributed by atoms with Crippen LogP contribution >= 0.6 is 0 Å². The summed E-state index contributed by atoms with van der Waals surface area (Å²) in [7, 11) is 0. The molecule has 0 atom stereocenters. The lowest BCUT2D eigenvalue weighted by atomic mass is 9.99. The molecule has 0 bridgehead atoms. The van der Waals surface area contributed by atoms with Crippen molar-refractivity contribution >= 4 is 11.7 Å². The van der Waals surface area contributed by atoms with Gasteiger partial charge in [-0.1, -0.05) is 66.7 Å². The van der Waals surface area contributed by atoms with E-state index in [0.29, 0.717) is 6.54 Å². The van der Waals surface area contributed by atoms with Crippen molar-refractivity contribution in [2.45, 2.75) is 6.04 Å². The second-order valence-corrected chi connectivity index (χ2v) is 7.19. The molecule has 0 radical (unpaired) electrons. The number of anilines is 1. The lowest BCUT2D eigenvalue weighted by Crippen LogP contribution is -2.51. The average Bonchev–Trinajstić information content (AvgIpc) is 2.81. The third-order valence-electron chi connectivity index (χ3n) is 5.33. The Kier molecular flexibility index (Phi) is 6.17. The molecule has 29 heavy (non-hydrogen) atoms. The summed E-state index contributed by atoms with van der Waals surface area (Å²) in [4.78, 5) is 21.4. The largest absolute Gasteiger partial charge is 0.353 e. The van der Waals surface area contributed by atoms with Gasteiger partial charge in [0.05, 0.1) is 12.6 Å². The van der Waals surface area contributed by atoms with Gasteiger partial charge in [0.15, 0.2) is 0 Å². The quantitative estimate of drug-likeness (QED) is 0.707. The van der Waals surface area contributed by atoms with Crippen LogP contribution in [0.5, 0.6) is 0 Å². The summed E-state index contributed by atoms with van der Waals surface area (Å²) < 4.78 is 0. The third kappa shape index (κ3) is 4.81. The van der Waals surface area contributed by atoms with Crippen LogP contribution in [-0.2, 0) is 4.79 Å². The Balaban J connectivity index is 1.36. The summed E-state index contributed by atoms with van der Waals surface area (Å²) in [6.45, 7) is 3.38. The molecule has 1 N–H and O–H groups in total. The number of rotatable bonds is 6. The van der Waals surface area contributed by atoms with E-state index in [1.165, 1.54) is 0 Å². The molecule has 1 aromatic heterocycles. The molecule has 0 saturated carbocycles. The first-order valence-corrected chi connectivity index (χ1v) is 10.1. The zero-order valence-electron chi connectivity index (χ0n) is 16.4. The maximum Gasteiger partial charge on any atom is 0.236 e. The minimum Gasteiger partial charge on any atom is -0.353 e. The molecule has 0 aliphatic carbocycles. The van der Waals surface area contributed by atoms with Crippen LogP contribution in [-0.4, -0.2) is 48.5 Å². The SMILES string of the molecule is O=C(CNC(c1ccccc1)c1ccccc1)N1CCN(c2ccccn2)CC1. The highest BCUT2D eigenvalue weighted by Gasteiger charge is 2.23. The van der Waals surface area contributed by atoms with Gasteiger partial charge in [0.1, 0.15) is 5.82 Å². The second-order valence-electron chi connectivity index (χ2n) is 7.19. The van der Waals surface area contributed by atoms with Gasteiger partial charge in [0.25, 0.3) is 0 Å². The Morgan fingerprint density at radius 2 is 1.41 bits per heavy atom. The van der Waals surface area contributed by atoms with E-state index >= 15 is 0 Å². The number of carbonyl (C=O) groups is 1. The van der Waals surface area contributed by atoms with Gasteiger partial charge in [0.2, 0.25) is 5.91 Å². The molecule has 2 aromatic carbocycles. The van der Waals surface area contributed by atoms with E-state index in [0.717, 1.165) is 43.1 Å². The van der Waals surface area contributed by atoms with E-state index in [1.807, 2.05) is 65.7 Å². The molecule has 4 rings (SSSR count). The summed E-state index contributed by atoms with van der Waals surface area (Å²) in [6.07, 6.45) is 1.81. The van der Waals surface area contributed by atoms with Gasteiger partial charge in [-0.3, -0.25) is 10.1 Å². The van der Waals surface area contributed by atoms with Gasteiger partial charge in [0, 0.05) is 32.4 Å². The van der Waals surface area contributed by atoms with Crippen LogP contribution < -0.4 is 10.2 Å². The van der Waals surface area contributed by atoms with Crippen molar-refractivity contribution in [3.8, 4) is 0 Å². The van der Waals surface area contributed by atoms with Gasteiger partial charge < -0.3 is 9.80 Å². The zero-order valence-corrected chi connectivity index (χ0v) is 16.4. The highest BCUT2D eigenvalue weighted by molar-refractivity contribution is 5.78. The average molecular weight is 386 g/mol. The van der Waals surface area contributed by atoms with Crippen molar-refractivity contribution in [1.29, 1.82) is 0 Å². The predicted molar refractivity (Wildman–Crippen MR) is 116 cm³/mol. The number of hydrogen-bond acceptors (Lipinski definition) is 4. The van der Waals surface area contributed by atoms with Crippen LogP contribution in [0.1, 0.15) is 17.2 Å². The van der Waals surface area contributed by atoms with Crippen molar-refractivity contribution in [3.63, 3.8) is 0 Å². The summed E-state index contributed by atoms with van der Waals surface area (Å²) in [6, 6.07) is 26.5. The van der Waals surface area contributed by atoms with Crippen molar-refractivity contribution in [1.82, 2.24) is 15.2 Å². The molecule has 0 spiro atoms. The molecular formula is C24H26N4O. The topological polar surface area (TPSA) is 48.5 Å². The smallest absolute Gasteiger partial charge is 0.236 e. The maximum atomic E-state index is 12.8. The Bertz CT molecular complexity index is 854. The molecule has 2 heterocycles. The number of aromatic nitrogens is 1. The Morgan fingerprint density at radius 1 is 0.828 bits per heavy atom. The molecule has 5 nitrogen and oxygen atoms in total. The number of benzene rings is 2. The number of piperazine rings is 1. The number of hydrogen-bond donors (Lipinski definition) is 1. The number of pyridine rings is 1.